The highest BCUT2D eigenvalue weighted by Crippen LogP contribution is 2.47. The van der Waals surface area contributed by atoms with Gasteiger partial charge < -0.3 is 19.5 Å². The molecule has 0 saturated carbocycles. The van der Waals surface area contributed by atoms with Crippen LogP contribution >= 0.6 is 11.9 Å². The first-order valence-corrected chi connectivity index (χ1v) is 11.0. The molecule has 1 unspecified atom stereocenters. The highest BCUT2D eigenvalue weighted by Gasteiger charge is 2.44. The van der Waals surface area contributed by atoms with Crippen molar-refractivity contribution in [3.05, 3.63) is 29.0 Å². The summed E-state index contributed by atoms with van der Waals surface area (Å²) < 4.78 is 43.9. The molecule has 1 aliphatic carbocycles. The third-order valence-electron chi connectivity index (χ3n) is 5.79. The van der Waals surface area contributed by atoms with E-state index < -0.39 is 12.0 Å². The smallest absolute Gasteiger partial charge is 0.290 e. The molecule has 5 rings (SSSR count). The molecule has 0 spiro atoms. The zero-order valence-electron chi connectivity index (χ0n) is 16.6. The number of alkyl halides is 2. The van der Waals surface area contributed by atoms with Gasteiger partial charge in [-0.15, -0.1) is 0 Å². The standard InChI is InChI=1S/C20H22F2N4O3S/c1-28-14-5-10(6-15-16(14)13(9-29-15)25-30-2)17-12-3-4-20(21,22)18(12)24-19(23-17)26-7-11(27)8-26/h5-6,11,13,25,27H,3-4,7-9H2,1-2H3. The molecule has 1 aromatic carbocycles. The first-order chi connectivity index (χ1) is 14.4. The van der Waals surface area contributed by atoms with Gasteiger partial charge in [0, 0.05) is 30.6 Å². The van der Waals surface area contributed by atoms with Crippen molar-refractivity contribution < 1.29 is 23.4 Å². The van der Waals surface area contributed by atoms with Crippen molar-refractivity contribution >= 4 is 17.9 Å². The van der Waals surface area contributed by atoms with Crippen LogP contribution in [-0.4, -0.2) is 54.2 Å². The number of benzene rings is 1. The third kappa shape index (κ3) is 3.09. The molecule has 0 bridgehead atoms. The van der Waals surface area contributed by atoms with Crippen molar-refractivity contribution in [2.24, 2.45) is 0 Å². The van der Waals surface area contributed by atoms with Crippen LogP contribution in [0.4, 0.5) is 14.7 Å². The second-order valence-corrected chi connectivity index (χ2v) is 8.38. The Balaban J connectivity index is 1.64. The predicted molar refractivity (Wildman–Crippen MR) is 109 cm³/mol. The average molecular weight is 436 g/mol. The molecule has 10 heteroatoms. The van der Waals surface area contributed by atoms with Crippen LogP contribution in [0.2, 0.25) is 0 Å². The van der Waals surface area contributed by atoms with Crippen molar-refractivity contribution in [1.82, 2.24) is 14.7 Å². The first-order valence-electron chi connectivity index (χ1n) is 9.77. The van der Waals surface area contributed by atoms with Gasteiger partial charge in [0.2, 0.25) is 5.95 Å². The fraction of sp³-hybridized carbons (Fsp3) is 0.500. The summed E-state index contributed by atoms with van der Waals surface area (Å²) in [6, 6.07) is 3.65. The Morgan fingerprint density at radius 1 is 1.33 bits per heavy atom. The summed E-state index contributed by atoms with van der Waals surface area (Å²) in [5.41, 5.74) is 2.29. The van der Waals surface area contributed by atoms with Crippen molar-refractivity contribution in [2.45, 2.75) is 30.9 Å². The molecule has 1 fully saturated rings. The van der Waals surface area contributed by atoms with Gasteiger partial charge in [0.15, 0.2) is 0 Å². The molecular weight excluding hydrogens is 414 g/mol. The number of methoxy groups -OCH3 is 1. The van der Waals surface area contributed by atoms with E-state index in [4.69, 9.17) is 9.47 Å². The summed E-state index contributed by atoms with van der Waals surface area (Å²) in [5.74, 6) is -1.48. The lowest BCUT2D eigenvalue weighted by Gasteiger charge is -2.36. The van der Waals surface area contributed by atoms with Crippen LogP contribution < -0.4 is 19.1 Å². The number of hydrogen-bond donors (Lipinski definition) is 2. The van der Waals surface area contributed by atoms with Crippen LogP contribution in [0.15, 0.2) is 12.1 Å². The second-order valence-electron chi connectivity index (χ2n) is 7.74. The van der Waals surface area contributed by atoms with Gasteiger partial charge in [-0.3, -0.25) is 4.72 Å². The summed E-state index contributed by atoms with van der Waals surface area (Å²) >= 11 is 1.50. The van der Waals surface area contributed by atoms with Crippen molar-refractivity contribution in [3.63, 3.8) is 0 Å². The Morgan fingerprint density at radius 2 is 2.13 bits per heavy atom. The van der Waals surface area contributed by atoms with Gasteiger partial charge >= 0.3 is 0 Å². The number of fused-ring (bicyclic) bond motifs is 2. The number of hydrogen-bond acceptors (Lipinski definition) is 8. The normalized spacial score (nSPS) is 21.8. The number of ether oxygens (including phenoxy) is 2. The zero-order chi connectivity index (χ0) is 21.0. The maximum Gasteiger partial charge on any atom is 0.290 e. The van der Waals surface area contributed by atoms with Gasteiger partial charge in [0.25, 0.3) is 5.92 Å². The number of β-amino-alcohol motifs (C(OH)–C–C–N with tert-alkyl or cyclic N) is 1. The third-order valence-corrected chi connectivity index (χ3v) is 6.31. The van der Waals surface area contributed by atoms with E-state index in [1.807, 2.05) is 18.4 Å². The fourth-order valence-electron chi connectivity index (χ4n) is 4.27. The van der Waals surface area contributed by atoms with E-state index in [0.717, 1.165) is 5.56 Å². The molecule has 1 saturated heterocycles. The Hall–Kier alpha value is -2.17. The number of nitrogens with one attached hydrogen (secondary N) is 1. The average Bonchev–Trinajstić information content (AvgIpc) is 3.25. The molecule has 160 valence electrons. The minimum absolute atomic E-state index is 0.0161. The van der Waals surface area contributed by atoms with Gasteiger partial charge in [-0.1, -0.05) is 11.9 Å². The lowest BCUT2D eigenvalue weighted by atomic mass is 10.00. The maximum absolute atomic E-state index is 14.6. The summed E-state index contributed by atoms with van der Waals surface area (Å²) in [7, 11) is 1.58. The number of aromatic nitrogens is 2. The molecular formula is C20H22F2N4O3S. The topological polar surface area (TPSA) is 79.7 Å². The van der Waals surface area contributed by atoms with Crippen LogP contribution in [0.5, 0.6) is 11.5 Å². The Morgan fingerprint density at radius 3 is 2.83 bits per heavy atom. The monoisotopic (exact) mass is 436 g/mol. The van der Waals surface area contributed by atoms with Gasteiger partial charge in [0.05, 0.1) is 30.5 Å². The van der Waals surface area contributed by atoms with E-state index in [-0.39, 0.29) is 30.5 Å². The van der Waals surface area contributed by atoms with Crippen LogP contribution in [0.25, 0.3) is 11.3 Å². The highest BCUT2D eigenvalue weighted by molar-refractivity contribution is 7.96. The van der Waals surface area contributed by atoms with E-state index in [0.29, 0.717) is 48.0 Å². The quantitative estimate of drug-likeness (QED) is 0.693. The summed E-state index contributed by atoms with van der Waals surface area (Å²) in [6.07, 6.45) is 1.38. The van der Waals surface area contributed by atoms with E-state index >= 15 is 0 Å². The molecule has 1 aromatic heterocycles. The van der Waals surface area contributed by atoms with Crippen molar-refractivity contribution in [2.75, 3.05) is 38.0 Å². The number of aliphatic hydroxyl groups is 1. The number of anilines is 1. The molecule has 3 aliphatic rings. The van der Waals surface area contributed by atoms with Crippen molar-refractivity contribution in [1.29, 1.82) is 0 Å². The zero-order valence-corrected chi connectivity index (χ0v) is 17.4. The number of halogens is 2. The Bertz CT molecular complexity index is 1000. The molecule has 7 nitrogen and oxygen atoms in total. The maximum atomic E-state index is 14.6. The SMILES string of the molecule is COc1cc(-c2nc(N3CC(O)C3)nc3c2CCC3(F)F)cc2c1C(NSC)CO2. The van der Waals surface area contributed by atoms with Crippen LogP contribution in [0.1, 0.15) is 29.3 Å². The summed E-state index contributed by atoms with van der Waals surface area (Å²) in [5, 5.41) is 9.62. The van der Waals surface area contributed by atoms with E-state index in [2.05, 4.69) is 14.7 Å². The molecule has 30 heavy (non-hydrogen) atoms. The molecule has 1 atom stereocenters. The molecule has 2 aromatic rings. The first kappa shape index (κ1) is 19.8. The Kier molecular flexibility index (Phi) is 4.75. The minimum atomic E-state index is -2.99. The van der Waals surface area contributed by atoms with E-state index in [1.54, 1.807) is 12.0 Å². The molecule has 0 amide bonds. The summed E-state index contributed by atoms with van der Waals surface area (Å²) in [6.45, 7) is 1.14. The number of rotatable bonds is 5. The molecule has 2 aliphatic heterocycles. The molecule has 2 N–H and O–H groups in total. The molecule has 3 heterocycles. The van der Waals surface area contributed by atoms with Gasteiger partial charge in [-0.2, -0.15) is 8.78 Å². The number of nitrogens with zero attached hydrogens (tertiary/aromatic N) is 3. The Labute approximate surface area is 176 Å². The lowest BCUT2D eigenvalue weighted by molar-refractivity contribution is -0.00596. The highest BCUT2D eigenvalue weighted by atomic mass is 32.2. The van der Waals surface area contributed by atoms with E-state index in [9.17, 15) is 13.9 Å². The van der Waals surface area contributed by atoms with Gasteiger partial charge in [-0.05, 0) is 24.8 Å². The lowest BCUT2D eigenvalue weighted by Crippen LogP contribution is -2.51. The van der Waals surface area contributed by atoms with Crippen LogP contribution in [0, 0.1) is 0 Å². The van der Waals surface area contributed by atoms with E-state index in [1.165, 1.54) is 11.9 Å². The fourth-order valence-corrected chi connectivity index (χ4v) is 4.74. The van der Waals surface area contributed by atoms with Gasteiger partial charge in [0.1, 0.15) is 23.8 Å². The second kappa shape index (κ2) is 7.21. The largest absolute Gasteiger partial charge is 0.496 e. The minimum Gasteiger partial charge on any atom is -0.496 e. The molecule has 0 radical (unpaired) electrons. The van der Waals surface area contributed by atoms with Crippen LogP contribution in [-0.2, 0) is 12.3 Å². The van der Waals surface area contributed by atoms with Gasteiger partial charge in [-0.25, -0.2) is 9.97 Å². The number of aliphatic hydroxyl groups excluding tert-OH is 1. The van der Waals surface area contributed by atoms with Crippen molar-refractivity contribution in [3.8, 4) is 22.8 Å². The summed E-state index contributed by atoms with van der Waals surface area (Å²) in [4.78, 5) is 10.5. The predicted octanol–water partition coefficient (Wildman–Crippen LogP) is 2.67. The van der Waals surface area contributed by atoms with Crippen LogP contribution in [0.3, 0.4) is 0 Å².